The molecule has 0 aliphatic carbocycles. The summed E-state index contributed by atoms with van der Waals surface area (Å²) in [5, 5.41) is 9.74. The van der Waals surface area contributed by atoms with Crippen molar-refractivity contribution in [2.45, 2.75) is 52.9 Å². The fourth-order valence-electron chi connectivity index (χ4n) is 2.24. The van der Waals surface area contributed by atoms with Crippen LogP contribution in [0.3, 0.4) is 0 Å². The summed E-state index contributed by atoms with van der Waals surface area (Å²) in [4.78, 5) is 14.4. The summed E-state index contributed by atoms with van der Waals surface area (Å²) in [5.41, 5.74) is 7.99. The lowest BCUT2D eigenvalue weighted by molar-refractivity contribution is -0.0692. The number of aliphatic hydroxyl groups is 1. The molecule has 5 nitrogen and oxygen atoms in total. The van der Waals surface area contributed by atoms with Crippen LogP contribution in [0.2, 0.25) is 0 Å². The van der Waals surface area contributed by atoms with Crippen molar-refractivity contribution in [2.24, 2.45) is 0 Å². The predicted octanol–water partition coefficient (Wildman–Crippen LogP) is 3.54. The van der Waals surface area contributed by atoms with Crippen LogP contribution in [0, 0.1) is 0 Å². The number of halogens is 1. The van der Waals surface area contributed by atoms with Gasteiger partial charge in [-0.05, 0) is 53.1 Å². The molecular weight excluding hydrogens is 360 g/mol. The van der Waals surface area contributed by atoms with E-state index in [0.29, 0.717) is 28.7 Å². The fourth-order valence-corrected chi connectivity index (χ4v) is 2.74. The summed E-state index contributed by atoms with van der Waals surface area (Å²) in [6.07, 6.45) is 1.14. The first kappa shape index (κ1) is 19.9. The van der Waals surface area contributed by atoms with Gasteiger partial charge >= 0.3 is 5.97 Å². The Kier molecular flexibility index (Phi) is 8.58. The average molecular weight is 387 g/mol. The minimum absolute atomic E-state index is 0.392. The van der Waals surface area contributed by atoms with Gasteiger partial charge in [0, 0.05) is 17.4 Å². The molecule has 0 fully saturated rings. The Bertz CT molecular complexity index is 519. The van der Waals surface area contributed by atoms with E-state index in [9.17, 15) is 9.90 Å². The monoisotopic (exact) mass is 386 g/mol. The Morgan fingerprint density at radius 2 is 2.00 bits per heavy atom. The number of aliphatic hydroxyl groups excluding tert-OH is 1. The Morgan fingerprint density at radius 1 is 1.35 bits per heavy atom. The second-order valence-corrected chi connectivity index (χ2v) is 6.35. The van der Waals surface area contributed by atoms with E-state index in [1.807, 2.05) is 6.92 Å². The minimum atomic E-state index is -1.06. The zero-order chi connectivity index (χ0) is 17.4. The number of carbonyl (C=O) groups is 1. The fraction of sp³-hybridized carbons (Fsp3) is 0.588. The molecule has 0 spiro atoms. The molecule has 1 aromatic carbocycles. The largest absolute Gasteiger partial charge is 0.432 e. The van der Waals surface area contributed by atoms with E-state index in [2.05, 4.69) is 34.7 Å². The SMILES string of the molecule is CCCCC(O)OC(=O)c1cc(Br)c(N)c(CN(CC)CC)c1. The number of benzene rings is 1. The summed E-state index contributed by atoms with van der Waals surface area (Å²) >= 11 is 3.39. The summed E-state index contributed by atoms with van der Waals surface area (Å²) < 4.78 is 5.75. The van der Waals surface area contributed by atoms with Crippen molar-refractivity contribution in [3.8, 4) is 0 Å². The highest BCUT2D eigenvalue weighted by atomic mass is 79.9. The number of hydrogen-bond acceptors (Lipinski definition) is 5. The summed E-state index contributed by atoms with van der Waals surface area (Å²) in [6, 6.07) is 3.38. The van der Waals surface area contributed by atoms with Crippen molar-refractivity contribution < 1.29 is 14.6 Å². The molecule has 0 bridgehead atoms. The van der Waals surface area contributed by atoms with Crippen LogP contribution in [-0.4, -0.2) is 35.4 Å². The molecule has 0 aliphatic rings. The number of nitrogen functional groups attached to an aromatic ring is 1. The molecule has 1 aromatic rings. The maximum absolute atomic E-state index is 12.2. The van der Waals surface area contributed by atoms with Gasteiger partial charge in [0.25, 0.3) is 0 Å². The van der Waals surface area contributed by atoms with Crippen LogP contribution in [0.5, 0.6) is 0 Å². The van der Waals surface area contributed by atoms with Gasteiger partial charge in [-0.3, -0.25) is 4.90 Å². The third kappa shape index (κ3) is 6.12. The van der Waals surface area contributed by atoms with Gasteiger partial charge in [-0.25, -0.2) is 4.79 Å². The van der Waals surface area contributed by atoms with Gasteiger partial charge in [0.1, 0.15) is 0 Å². The number of carbonyl (C=O) groups excluding carboxylic acids is 1. The standard InChI is InChI=1S/C17H27BrN2O3/c1-4-7-8-15(21)23-17(22)12-9-13(11-20(5-2)6-3)16(19)14(18)10-12/h9-10,15,21H,4-8,11,19H2,1-3H3. The maximum atomic E-state index is 12.2. The number of ether oxygens (including phenoxy) is 1. The Labute approximate surface area is 146 Å². The van der Waals surface area contributed by atoms with Crippen LogP contribution < -0.4 is 5.73 Å². The molecule has 3 N–H and O–H groups in total. The van der Waals surface area contributed by atoms with Crippen molar-refractivity contribution >= 4 is 27.6 Å². The Morgan fingerprint density at radius 3 is 2.57 bits per heavy atom. The lowest BCUT2D eigenvalue weighted by Crippen LogP contribution is -2.23. The zero-order valence-electron chi connectivity index (χ0n) is 14.1. The number of nitrogens with zero attached hydrogens (tertiary/aromatic N) is 1. The van der Waals surface area contributed by atoms with Crippen LogP contribution in [-0.2, 0) is 11.3 Å². The van der Waals surface area contributed by atoms with Crippen LogP contribution in [0.25, 0.3) is 0 Å². The molecule has 1 atom stereocenters. The number of esters is 1. The van der Waals surface area contributed by atoms with E-state index < -0.39 is 12.3 Å². The van der Waals surface area contributed by atoms with Gasteiger partial charge in [0.2, 0.25) is 6.29 Å². The van der Waals surface area contributed by atoms with E-state index >= 15 is 0 Å². The van der Waals surface area contributed by atoms with Crippen molar-refractivity contribution in [1.29, 1.82) is 0 Å². The smallest absolute Gasteiger partial charge is 0.340 e. The van der Waals surface area contributed by atoms with Crippen LogP contribution >= 0.6 is 15.9 Å². The van der Waals surface area contributed by atoms with E-state index in [1.54, 1.807) is 12.1 Å². The second-order valence-electron chi connectivity index (χ2n) is 5.49. The highest BCUT2D eigenvalue weighted by molar-refractivity contribution is 9.10. The first-order valence-electron chi connectivity index (χ1n) is 8.12. The first-order valence-corrected chi connectivity index (χ1v) is 8.91. The van der Waals surface area contributed by atoms with Crippen molar-refractivity contribution in [2.75, 3.05) is 18.8 Å². The number of anilines is 1. The molecule has 130 valence electrons. The zero-order valence-corrected chi connectivity index (χ0v) is 15.7. The van der Waals surface area contributed by atoms with Gasteiger partial charge in [-0.2, -0.15) is 0 Å². The lowest BCUT2D eigenvalue weighted by Gasteiger charge is -2.20. The quantitative estimate of drug-likeness (QED) is 0.385. The van der Waals surface area contributed by atoms with Gasteiger partial charge < -0.3 is 15.6 Å². The molecule has 0 heterocycles. The predicted molar refractivity (Wildman–Crippen MR) is 96.1 cm³/mol. The molecule has 6 heteroatoms. The van der Waals surface area contributed by atoms with Gasteiger partial charge in [0.15, 0.2) is 0 Å². The first-order chi connectivity index (χ1) is 10.9. The molecule has 0 aliphatic heterocycles. The van der Waals surface area contributed by atoms with E-state index in [4.69, 9.17) is 10.5 Å². The molecule has 1 unspecified atom stereocenters. The average Bonchev–Trinajstić information content (AvgIpc) is 2.53. The highest BCUT2D eigenvalue weighted by Crippen LogP contribution is 2.27. The van der Waals surface area contributed by atoms with E-state index in [0.717, 1.165) is 31.5 Å². The molecule has 0 saturated heterocycles. The molecule has 0 aromatic heterocycles. The normalized spacial score (nSPS) is 12.4. The number of unbranched alkanes of at least 4 members (excludes halogenated alkanes) is 1. The Hall–Kier alpha value is -1.11. The van der Waals surface area contributed by atoms with Gasteiger partial charge in [-0.15, -0.1) is 0 Å². The van der Waals surface area contributed by atoms with Gasteiger partial charge in [0.05, 0.1) is 11.3 Å². The lowest BCUT2D eigenvalue weighted by atomic mass is 10.1. The van der Waals surface area contributed by atoms with E-state index in [1.165, 1.54) is 0 Å². The molecular formula is C17H27BrN2O3. The van der Waals surface area contributed by atoms with Crippen LogP contribution in [0.4, 0.5) is 5.69 Å². The Balaban J connectivity index is 2.90. The number of hydrogen-bond donors (Lipinski definition) is 2. The van der Waals surface area contributed by atoms with Crippen molar-refractivity contribution in [3.05, 3.63) is 27.7 Å². The van der Waals surface area contributed by atoms with Crippen LogP contribution in [0.15, 0.2) is 16.6 Å². The molecule has 0 amide bonds. The third-order valence-corrected chi connectivity index (χ3v) is 4.44. The summed E-state index contributed by atoms with van der Waals surface area (Å²) in [6.45, 7) is 8.64. The molecule has 1 rings (SSSR count). The number of rotatable bonds is 9. The van der Waals surface area contributed by atoms with Crippen LogP contribution in [0.1, 0.15) is 56.0 Å². The number of nitrogens with two attached hydrogens (primary N) is 1. The third-order valence-electron chi connectivity index (χ3n) is 3.79. The van der Waals surface area contributed by atoms with Crippen molar-refractivity contribution in [1.82, 2.24) is 4.90 Å². The molecule has 23 heavy (non-hydrogen) atoms. The minimum Gasteiger partial charge on any atom is -0.432 e. The maximum Gasteiger partial charge on any atom is 0.340 e. The molecule has 0 radical (unpaired) electrons. The second kappa shape index (κ2) is 9.90. The summed E-state index contributed by atoms with van der Waals surface area (Å²) in [5.74, 6) is -0.532. The highest BCUT2D eigenvalue weighted by Gasteiger charge is 2.17. The molecule has 0 saturated carbocycles. The topological polar surface area (TPSA) is 75.8 Å². The van der Waals surface area contributed by atoms with E-state index in [-0.39, 0.29) is 0 Å². The summed E-state index contributed by atoms with van der Waals surface area (Å²) in [7, 11) is 0. The van der Waals surface area contributed by atoms with Gasteiger partial charge in [-0.1, -0.05) is 27.2 Å². The van der Waals surface area contributed by atoms with Crippen molar-refractivity contribution in [3.63, 3.8) is 0 Å².